The Kier molecular flexibility index (Phi) is 4.31. The van der Waals surface area contributed by atoms with Crippen molar-refractivity contribution in [3.63, 3.8) is 0 Å². The number of hydrogen-bond acceptors (Lipinski definition) is 0. The van der Waals surface area contributed by atoms with Crippen LogP contribution in [0.15, 0.2) is 12.1 Å². The minimum absolute atomic E-state index is 0.342. The van der Waals surface area contributed by atoms with Gasteiger partial charge in [-0.3, -0.25) is 0 Å². The van der Waals surface area contributed by atoms with Gasteiger partial charge in [0.25, 0.3) is 0 Å². The summed E-state index contributed by atoms with van der Waals surface area (Å²) in [5.41, 5.74) is 0.787. The number of benzene rings is 1. The molecule has 0 bridgehead atoms. The van der Waals surface area contributed by atoms with Gasteiger partial charge in [-0.15, -0.1) is 0 Å². The molecule has 0 saturated heterocycles. The van der Waals surface area contributed by atoms with Gasteiger partial charge in [0.15, 0.2) is 11.6 Å². The smallest absolute Gasteiger partial charge is 0.162 e. The van der Waals surface area contributed by atoms with Gasteiger partial charge in [-0.05, 0) is 62.5 Å². The van der Waals surface area contributed by atoms with Crippen molar-refractivity contribution in [3.8, 4) is 0 Å². The van der Waals surface area contributed by atoms with E-state index in [2.05, 4.69) is 0 Å². The van der Waals surface area contributed by atoms with E-state index in [0.717, 1.165) is 19.3 Å². The van der Waals surface area contributed by atoms with Crippen LogP contribution in [0.2, 0.25) is 0 Å². The van der Waals surface area contributed by atoms with Crippen molar-refractivity contribution in [3.05, 3.63) is 34.9 Å². The van der Waals surface area contributed by atoms with Crippen molar-refractivity contribution < 1.29 is 13.2 Å². The summed E-state index contributed by atoms with van der Waals surface area (Å²) in [4.78, 5) is 0. The molecule has 0 amide bonds. The van der Waals surface area contributed by atoms with Crippen LogP contribution in [0.1, 0.15) is 43.2 Å². The molecule has 2 rings (SSSR count). The molecule has 0 N–H and O–H groups in total. The Morgan fingerprint density at radius 1 is 1.06 bits per heavy atom. The minimum Gasteiger partial charge on any atom is -0.247 e. The zero-order chi connectivity index (χ0) is 13.1. The SMILES string of the molecule is Cc1ccc(CCC2CCC(F)CC2)c(F)c1F. The molecule has 0 heterocycles. The Morgan fingerprint density at radius 2 is 1.72 bits per heavy atom. The van der Waals surface area contributed by atoms with Gasteiger partial charge in [-0.25, -0.2) is 13.2 Å². The monoisotopic (exact) mass is 256 g/mol. The molecule has 0 atom stereocenters. The molecule has 0 aromatic heterocycles. The topological polar surface area (TPSA) is 0 Å². The van der Waals surface area contributed by atoms with Gasteiger partial charge in [0.1, 0.15) is 6.17 Å². The first kappa shape index (κ1) is 13.4. The molecule has 0 unspecified atom stereocenters. The van der Waals surface area contributed by atoms with Crippen LogP contribution in [0.25, 0.3) is 0 Å². The highest BCUT2D eigenvalue weighted by atomic mass is 19.2. The molecule has 1 aliphatic carbocycles. The lowest BCUT2D eigenvalue weighted by molar-refractivity contribution is 0.201. The standard InChI is InChI=1S/C15H19F3/c1-10-2-6-12(15(18)14(10)17)7-3-11-4-8-13(16)9-5-11/h2,6,11,13H,3-5,7-9H2,1H3. The Balaban J connectivity index is 1.92. The zero-order valence-corrected chi connectivity index (χ0v) is 10.7. The highest BCUT2D eigenvalue weighted by molar-refractivity contribution is 5.25. The van der Waals surface area contributed by atoms with E-state index in [4.69, 9.17) is 0 Å². The molecule has 1 aromatic rings. The van der Waals surface area contributed by atoms with Crippen LogP contribution in [0.4, 0.5) is 13.2 Å². The quantitative estimate of drug-likeness (QED) is 0.733. The lowest BCUT2D eigenvalue weighted by atomic mass is 9.84. The first-order chi connectivity index (χ1) is 8.58. The second-order valence-corrected chi connectivity index (χ2v) is 5.33. The normalized spacial score (nSPS) is 24.2. The Labute approximate surface area is 106 Å². The second kappa shape index (κ2) is 5.77. The highest BCUT2D eigenvalue weighted by Gasteiger charge is 2.21. The molecule has 0 spiro atoms. The fourth-order valence-electron chi connectivity index (χ4n) is 2.65. The fraction of sp³-hybridized carbons (Fsp3) is 0.600. The lowest BCUT2D eigenvalue weighted by Gasteiger charge is -2.24. The van der Waals surface area contributed by atoms with E-state index in [9.17, 15) is 13.2 Å². The third-order valence-electron chi connectivity index (χ3n) is 3.95. The predicted octanol–water partition coefficient (Wildman–Crippen LogP) is 4.73. The number of hydrogen-bond donors (Lipinski definition) is 0. The van der Waals surface area contributed by atoms with Crippen molar-refractivity contribution in [2.24, 2.45) is 5.92 Å². The van der Waals surface area contributed by atoms with E-state index < -0.39 is 17.8 Å². The van der Waals surface area contributed by atoms with E-state index in [1.54, 1.807) is 19.1 Å². The van der Waals surface area contributed by atoms with Crippen LogP contribution in [-0.4, -0.2) is 6.17 Å². The van der Waals surface area contributed by atoms with Gasteiger partial charge < -0.3 is 0 Å². The van der Waals surface area contributed by atoms with Crippen molar-refractivity contribution in [2.45, 2.75) is 51.6 Å². The maximum absolute atomic E-state index is 13.6. The van der Waals surface area contributed by atoms with Gasteiger partial charge in [-0.1, -0.05) is 12.1 Å². The van der Waals surface area contributed by atoms with Gasteiger partial charge in [-0.2, -0.15) is 0 Å². The first-order valence-corrected chi connectivity index (χ1v) is 6.65. The van der Waals surface area contributed by atoms with E-state index in [0.29, 0.717) is 36.3 Å². The van der Waals surface area contributed by atoms with Gasteiger partial charge >= 0.3 is 0 Å². The Hall–Kier alpha value is -0.990. The lowest BCUT2D eigenvalue weighted by Crippen LogP contribution is -2.15. The van der Waals surface area contributed by atoms with Crippen LogP contribution < -0.4 is 0 Å². The largest absolute Gasteiger partial charge is 0.247 e. The second-order valence-electron chi connectivity index (χ2n) is 5.33. The molecule has 0 nitrogen and oxygen atoms in total. The van der Waals surface area contributed by atoms with Crippen LogP contribution in [-0.2, 0) is 6.42 Å². The van der Waals surface area contributed by atoms with Gasteiger partial charge in [0.05, 0.1) is 0 Å². The predicted molar refractivity (Wildman–Crippen MR) is 66.3 cm³/mol. The third kappa shape index (κ3) is 3.06. The summed E-state index contributed by atoms with van der Waals surface area (Å²) in [7, 11) is 0. The molecule has 0 aliphatic heterocycles. The number of halogens is 3. The van der Waals surface area contributed by atoms with E-state index in [1.165, 1.54) is 0 Å². The highest BCUT2D eigenvalue weighted by Crippen LogP contribution is 2.30. The summed E-state index contributed by atoms with van der Waals surface area (Å²) in [6, 6.07) is 3.28. The maximum Gasteiger partial charge on any atom is 0.162 e. The van der Waals surface area contributed by atoms with Gasteiger partial charge in [0.2, 0.25) is 0 Å². The molecule has 1 fully saturated rings. The van der Waals surface area contributed by atoms with Crippen LogP contribution in [0.3, 0.4) is 0 Å². The summed E-state index contributed by atoms with van der Waals surface area (Å²) in [6.45, 7) is 1.56. The van der Waals surface area contributed by atoms with E-state index >= 15 is 0 Å². The molecular formula is C15H19F3. The van der Waals surface area contributed by atoms with E-state index in [-0.39, 0.29) is 0 Å². The summed E-state index contributed by atoms with van der Waals surface area (Å²) >= 11 is 0. The molecular weight excluding hydrogens is 237 g/mol. The summed E-state index contributed by atoms with van der Waals surface area (Å²) in [5.74, 6) is -0.991. The molecule has 3 heteroatoms. The minimum atomic E-state index is -0.736. The molecule has 18 heavy (non-hydrogen) atoms. The molecule has 0 radical (unpaired) electrons. The number of rotatable bonds is 3. The average Bonchev–Trinajstić information content (AvgIpc) is 2.37. The Bertz CT molecular complexity index is 406. The van der Waals surface area contributed by atoms with Crippen molar-refractivity contribution in [1.82, 2.24) is 0 Å². The fourth-order valence-corrected chi connectivity index (χ4v) is 2.65. The molecule has 1 saturated carbocycles. The Morgan fingerprint density at radius 3 is 2.39 bits per heavy atom. The van der Waals surface area contributed by atoms with Crippen LogP contribution >= 0.6 is 0 Å². The van der Waals surface area contributed by atoms with E-state index in [1.807, 2.05) is 0 Å². The third-order valence-corrected chi connectivity index (χ3v) is 3.95. The van der Waals surface area contributed by atoms with Gasteiger partial charge in [0, 0.05) is 0 Å². The number of alkyl halides is 1. The van der Waals surface area contributed by atoms with Crippen LogP contribution in [0.5, 0.6) is 0 Å². The first-order valence-electron chi connectivity index (χ1n) is 6.65. The summed E-state index contributed by atoms with van der Waals surface area (Å²) in [6.07, 6.45) is 3.70. The molecule has 1 aromatic carbocycles. The molecule has 1 aliphatic rings. The van der Waals surface area contributed by atoms with Crippen LogP contribution in [0, 0.1) is 24.5 Å². The zero-order valence-electron chi connectivity index (χ0n) is 10.7. The average molecular weight is 256 g/mol. The number of aryl methyl sites for hydroxylation is 2. The molecule has 100 valence electrons. The van der Waals surface area contributed by atoms with Crippen molar-refractivity contribution >= 4 is 0 Å². The maximum atomic E-state index is 13.6. The van der Waals surface area contributed by atoms with Crippen molar-refractivity contribution in [1.29, 1.82) is 0 Å². The summed E-state index contributed by atoms with van der Waals surface area (Å²) < 4.78 is 40.0. The summed E-state index contributed by atoms with van der Waals surface area (Å²) in [5, 5.41) is 0. The van der Waals surface area contributed by atoms with Crippen molar-refractivity contribution in [2.75, 3.05) is 0 Å².